The number of nitrogens with two attached hydrogens (primary N) is 1. The predicted molar refractivity (Wildman–Crippen MR) is 118 cm³/mol. The Balaban J connectivity index is 0.00000280. The van der Waals surface area contributed by atoms with Crippen LogP contribution >= 0.6 is 0 Å². The number of fused-ring (bicyclic) bond motifs is 1. The first kappa shape index (κ1) is 19.0. The summed E-state index contributed by atoms with van der Waals surface area (Å²) >= 11 is 0. The zero-order valence-electron chi connectivity index (χ0n) is 16.0. The van der Waals surface area contributed by atoms with Crippen molar-refractivity contribution < 1.29 is 5.64 Å². The fourth-order valence-corrected chi connectivity index (χ4v) is 3.68. The number of nitrogens with one attached hydrogen (secondary N) is 1. The van der Waals surface area contributed by atoms with Gasteiger partial charge in [-0.2, -0.15) is 4.36 Å². The predicted octanol–water partition coefficient (Wildman–Crippen LogP) is 5.21. The minimum absolute atomic E-state index is 0. The lowest BCUT2D eigenvalue weighted by Gasteiger charge is -2.18. The summed E-state index contributed by atoms with van der Waals surface area (Å²) in [4.78, 5) is 4.80. The summed E-state index contributed by atoms with van der Waals surface area (Å²) in [5, 5.41) is 9.34. The largest absolute Gasteiger partial charge is 0.398 e. The number of anilines is 1. The Bertz CT molecular complexity index is 1140. The molecule has 6 heteroatoms. The summed E-state index contributed by atoms with van der Waals surface area (Å²) < 4.78 is 16.8. The maximum atomic E-state index is 12.4. The molecule has 0 aliphatic heterocycles. The molecule has 0 amide bonds. The highest BCUT2D eigenvalue weighted by atomic mass is 32.2. The van der Waals surface area contributed by atoms with Crippen molar-refractivity contribution in [1.82, 2.24) is 4.98 Å². The Labute approximate surface area is 161 Å². The standard InChI is InChI=1S/C21H24N4OS.H2/c1-13(2)20-19(14-8-6-5-7-9-14)16-10-15(12-22)18(23)11-17(16)21(24-20)25-27(3,4)26;/h5-13,22H,23H2,1-4H3;1H. The molecule has 0 radical (unpaired) electrons. The van der Waals surface area contributed by atoms with Gasteiger partial charge in [0.15, 0.2) is 5.82 Å². The minimum Gasteiger partial charge on any atom is -0.398 e. The number of rotatable bonds is 4. The van der Waals surface area contributed by atoms with Crippen LogP contribution in [0.15, 0.2) is 46.8 Å². The van der Waals surface area contributed by atoms with Gasteiger partial charge in [0.1, 0.15) is 0 Å². The summed E-state index contributed by atoms with van der Waals surface area (Å²) in [6.07, 6.45) is 4.44. The summed E-state index contributed by atoms with van der Waals surface area (Å²) in [5.74, 6) is 0.580. The first-order valence-corrected chi connectivity index (χ1v) is 11.0. The Morgan fingerprint density at radius 2 is 1.85 bits per heavy atom. The fourth-order valence-electron chi connectivity index (χ4n) is 3.12. The van der Waals surface area contributed by atoms with Crippen molar-refractivity contribution >= 4 is 38.2 Å². The van der Waals surface area contributed by atoms with E-state index in [1.54, 1.807) is 18.6 Å². The smallest absolute Gasteiger partial charge is 0.169 e. The number of aromatic nitrogens is 1. The summed E-state index contributed by atoms with van der Waals surface area (Å²) in [6, 6.07) is 13.7. The van der Waals surface area contributed by atoms with Gasteiger partial charge in [-0.15, -0.1) is 0 Å². The second-order valence-corrected chi connectivity index (χ2v) is 9.71. The molecule has 0 atom stereocenters. The van der Waals surface area contributed by atoms with Crippen molar-refractivity contribution in [3.63, 3.8) is 0 Å². The average Bonchev–Trinajstić information content (AvgIpc) is 2.60. The highest BCUT2D eigenvalue weighted by Crippen LogP contribution is 2.40. The third-order valence-electron chi connectivity index (χ3n) is 4.29. The normalized spacial score (nSPS) is 11.7. The van der Waals surface area contributed by atoms with Crippen LogP contribution in [0, 0.1) is 5.41 Å². The second-order valence-electron chi connectivity index (χ2n) is 7.16. The van der Waals surface area contributed by atoms with Gasteiger partial charge < -0.3 is 11.1 Å². The van der Waals surface area contributed by atoms with Gasteiger partial charge in [-0.1, -0.05) is 44.2 Å². The molecule has 1 heterocycles. The molecule has 3 aromatic rings. The van der Waals surface area contributed by atoms with Crippen molar-refractivity contribution in [3.05, 3.63) is 53.7 Å². The molecule has 1 aromatic heterocycles. The maximum absolute atomic E-state index is 12.4. The van der Waals surface area contributed by atoms with E-state index in [1.165, 1.54) is 6.21 Å². The molecule has 0 bridgehead atoms. The van der Waals surface area contributed by atoms with Gasteiger partial charge in [0, 0.05) is 52.1 Å². The van der Waals surface area contributed by atoms with Crippen LogP contribution in [0.25, 0.3) is 21.9 Å². The van der Waals surface area contributed by atoms with Gasteiger partial charge in [-0.25, -0.2) is 9.19 Å². The van der Waals surface area contributed by atoms with Crippen molar-refractivity contribution in [3.8, 4) is 11.1 Å². The van der Waals surface area contributed by atoms with E-state index in [2.05, 4.69) is 18.2 Å². The van der Waals surface area contributed by atoms with Gasteiger partial charge in [0.05, 0.1) is 5.69 Å². The zero-order valence-corrected chi connectivity index (χ0v) is 16.8. The van der Waals surface area contributed by atoms with Crippen LogP contribution in [0.3, 0.4) is 0 Å². The SMILES string of the molecule is CC(C)c1nc(N=S(C)(C)=O)c2cc(N)c(C=N)cc2c1-c1ccccc1.[HH]. The topological polar surface area (TPSA) is 92.2 Å². The van der Waals surface area contributed by atoms with Crippen molar-refractivity contribution in [2.45, 2.75) is 19.8 Å². The number of hydrogen-bond acceptors (Lipinski definition) is 5. The van der Waals surface area contributed by atoms with Crippen LogP contribution in [-0.2, 0) is 9.73 Å². The number of nitrogen functional groups attached to an aromatic ring is 1. The second kappa shape index (κ2) is 7.12. The van der Waals surface area contributed by atoms with Crippen molar-refractivity contribution in [2.75, 3.05) is 18.2 Å². The Morgan fingerprint density at radius 1 is 1.19 bits per heavy atom. The van der Waals surface area contributed by atoms with Crippen LogP contribution in [-0.4, -0.2) is 27.9 Å². The van der Waals surface area contributed by atoms with E-state index >= 15 is 0 Å². The average molecular weight is 383 g/mol. The lowest BCUT2D eigenvalue weighted by Crippen LogP contribution is -2.02. The molecule has 5 nitrogen and oxygen atoms in total. The van der Waals surface area contributed by atoms with E-state index in [-0.39, 0.29) is 7.34 Å². The number of nitrogens with zero attached hydrogens (tertiary/aromatic N) is 2. The van der Waals surface area contributed by atoms with Crippen molar-refractivity contribution in [1.29, 1.82) is 5.41 Å². The molecule has 0 spiro atoms. The molecule has 0 fully saturated rings. The molecule has 27 heavy (non-hydrogen) atoms. The van der Waals surface area contributed by atoms with Crippen molar-refractivity contribution in [2.24, 2.45) is 4.36 Å². The number of pyridine rings is 1. The third-order valence-corrected chi connectivity index (χ3v) is 4.90. The van der Waals surface area contributed by atoms with Crippen LogP contribution in [0.4, 0.5) is 11.5 Å². The van der Waals surface area contributed by atoms with Crippen LogP contribution in [0.5, 0.6) is 0 Å². The molecule has 0 saturated carbocycles. The van der Waals surface area contributed by atoms with E-state index in [0.29, 0.717) is 17.1 Å². The molecule has 3 rings (SSSR count). The monoisotopic (exact) mass is 382 g/mol. The molecule has 3 N–H and O–H groups in total. The summed E-state index contributed by atoms with van der Waals surface area (Å²) in [5.41, 5.74) is 10.2. The van der Waals surface area contributed by atoms with E-state index in [0.717, 1.165) is 27.6 Å². The molecule has 0 unspecified atom stereocenters. The lowest BCUT2D eigenvalue weighted by molar-refractivity contribution is 0.684. The van der Waals surface area contributed by atoms with Gasteiger partial charge in [0.2, 0.25) is 0 Å². The van der Waals surface area contributed by atoms with E-state index in [9.17, 15) is 4.21 Å². The number of benzene rings is 2. The Morgan fingerprint density at radius 3 is 2.41 bits per heavy atom. The lowest BCUT2D eigenvalue weighted by atomic mass is 9.91. The van der Waals surface area contributed by atoms with Gasteiger partial charge in [-0.05, 0) is 29.0 Å². The Kier molecular flexibility index (Phi) is 5.02. The highest BCUT2D eigenvalue weighted by Gasteiger charge is 2.19. The van der Waals surface area contributed by atoms with E-state index in [1.807, 2.05) is 36.4 Å². The maximum Gasteiger partial charge on any atom is 0.169 e. The Hall–Kier alpha value is -2.73. The molecule has 0 saturated heterocycles. The molecule has 0 aliphatic rings. The highest BCUT2D eigenvalue weighted by molar-refractivity contribution is 7.92. The van der Waals surface area contributed by atoms with E-state index < -0.39 is 9.73 Å². The molecule has 2 aromatic carbocycles. The molecule has 0 aliphatic carbocycles. The van der Waals surface area contributed by atoms with Gasteiger partial charge in [-0.3, -0.25) is 0 Å². The van der Waals surface area contributed by atoms with Crippen LogP contribution in [0.2, 0.25) is 0 Å². The molecular weight excluding hydrogens is 356 g/mol. The van der Waals surface area contributed by atoms with Crippen LogP contribution in [0.1, 0.15) is 32.4 Å². The third kappa shape index (κ3) is 3.85. The first-order valence-electron chi connectivity index (χ1n) is 8.71. The van der Waals surface area contributed by atoms with E-state index in [4.69, 9.17) is 16.1 Å². The first-order chi connectivity index (χ1) is 12.7. The quantitative estimate of drug-likeness (QED) is 0.479. The molecule has 142 valence electrons. The minimum atomic E-state index is -2.39. The van der Waals surface area contributed by atoms with Gasteiger partial charge >= 0.3 is 0 Å². The fraction of sp³-hybridized carbons (Fsp3) is 0.238. The van der Waals surface area contributed by atoms with Gasteiger partial charge in [0.25, 0.3) is 0 Å². The summed E-state index contributed by atoms with van der Waals surface area (Å²) in [6.45, 7) is 4.16. The zero-order chi connectivity index (χ0) is 19.8. The summed E-state index contributed by atoms with van der Waals surface area (Å²) in [7, 11) is -2.39. The number of hydrogen-bond donors (Lipinski definition) is 2. The molecular formula is C21H26N4OS. The van der Waals surface area contributed by atoms with Crippen LogP contribution < -0.4 is 5.73 Å².